The Morgan fingerprint density at radius 2 is 2.00 bits per heavy atom. The highest BCUT2D eigenvalue weighted by molar-refractivity contribution is 5.93. The number of hydrogen-bond donors (Lipinski definition) is 1. The number of pyridine rings is 1. The molecular formula is C22H26N4O3. The maximum Gasteiger partial charge on any atom is 0.258 e. The molecule has 0 aliphatic heterocycles. The van der Waals surface area contributed by atoms with E-state index < -0.39 is 0 Å². The molecule has 3 rings (SSSR count). The summed E-state index contributed by atoms with van der Waals surface area (Å²) in [5.41, 5.74) is 2.63. The summed E-state index contributed by atoms with van der Waals surface area (Å²) in [6.07, 6.45) is 0.883. The smallest absolute Gasteiger partial charge is 0.258 e. The molecule has 0 spiro atoms. The number of aryl methyl sites for hydroxylation is 1. The van der Waals surface area contributed by atoms with Crippen molar-refractivity contribution in [3.63, 3.8) is 0 Å². The zero-order valence-electron chi connectivity index (χ0n) is 17.0. The van der Waals surface area contributed by atoms with Gasteiger partial charge in [0.05, 0.1) is 25.0 Å². The van der Waals surface area contributed by atoms with Crippen molar-refractivity contribution in [1.29, 1.82) is 0 Å². The Kier molecular flexibility index (Phi) is 6.61. The summed E-state index contributed by atoms with van der Waals surface area (Å²) in [5.74, 6) is 0.471. The number of nitrogens with zero attached hydrogens (tertiary/aromatic N) is 3. The predicted molar refractivity (Wildman–Crippen MR) is 113 cm³/mol. The number of fused-ring (bicyclic) bond motifs is 1. The van der Waals surface area contributed by atoms with Gasteiger partial charge in [0.1, 0.15) is 11.4 Å². The first-order chi connectivity index (χ1) is 14.0. The monoisotopic (exact) mass is 394 g/mol. The van der Waals surface area contributed by atoms with E-state index in [1.54, 1.807) is 29.7 Å². The van der Waals surface area contributed by atoms with E-state index in [0.29, 0.717) is 35.9 Å². The first-order valence-corrected chi connectivity index (χ1v) is 9.65. The Bertz CT molecular complexity index is 1060. The van der Waals surface area contributed by atoms with Gasteiger partial charge in [-0.25, -0.2) is 4.98 Å². The minimum Gasteiger partial charge on any atom is -0.495 e. The van der Waals surface area contributed by atoms with Gasteiger partial charge in [-0.15, -0.1) is 0 Å². The summed E-state index contributed by atoms with van der Waals surface area (Å²) >= 11 is 0. The number of aromatic nitrogens is 2. The lowest BCUT2D eigenvalue weighted by molar-refractivity contribution is -0.117. The fourth-order valence-electron chi connectivity index (χ4n) is 3.34. The maximum atomic E-state index is 12.6. The molecule has 0 aliphatic rings. The van der Waals surface area contributed by atoms with Gasteiger partial charge < -0.3 is 10.1 Å². The second-order valence-electron chi connectivity index (χ2n) is 6.91. The molecule has 29 heavy (non-hydrogen) atoms. The number of methoxy groups -OCH3 is 1. The van der Waals surface area contributed by atoms with E-state index in [4.69, 9.17) is 4.74 Å². The quantitative estimate of drug-likeness (QED) is 0.636. The lowest BCUT2D eigenvalue weighted by Gasteiger charge is -2.21. The van der Waals surface area contributed by atoms with Crippen LogP contribution in [0.25, 0.3) is 5.65 Å². The Morgan fingerprint density at radius 3 is 2.76 bits per heavy atom. The number of carbonyl (C=O) groups excluding carboxylic acids is 1. The highest BCUT2D eigenvalue weighted by atomic mass is 16.5. The van der Waals surface area contributed by atoms with Gasteiger partial charge in [0, 0.05) is 18.3 Å². The van der Waals surface area contributed by atoms with Crippen molar-refractivity contribution in [2.45, 2.75) is 26.8 Å². The van der Waals surface area contributed by atoms with Crippen LogP contribution in [-0.4, -0.2) is 40.4 Å². The minimum absolute atomic E-state index is 0.113. The van der Waals surface area contributed by atoms with Crippen LogP contribution < -0.4 is 15.6 Å². The molecule has 3 aromatic rings. The second-order valence-corrected chi connectivity index (χ2v) is 6.91. The summed E-state index contributed by atoms with van der Waals surface area (Å²) in [6, 6.07) is 14.4. The van der Waals surface area contributed by atoms with Gasteiger partial charge in [-0.2, -0.15) is 0 Å². The number of anilines is 1. The first kappa shape index (κ1) is 20.5. The molecule has 1 aromatic carbocycles. The highest BCUT2D eigenvalue weighted by Gasteiger charge is 2.14. The van der Waals surface area contributed by atoms with Crippen LogP contribution in [0, 0.1) is 6.92 Å². The summed E-state index contributed by atoms with van der Waals surface area (Å²) in [7, 11) is 1.57. The molecule has 0 fully saturated rings. The Balaban J connectivity index is 1.75. The predicted octanol–water partition coefficient (Wildman–Crippen LogP) is 2.86. The molecule has 0 saturated heterocycles. The van der Waals surface area contributed by atoms with Crippen LogP contribution in [0.1, 0.15) is 24.7 Å². The Morgan fingerprint density at radius 1 is 1.21 bits per heavy atom. The zero-order valence-corrected chi connectivity index (χ0v) is 17.0. The number of ether oxygens (including phenoxy) is 1. The van der Waals surface area contributed by atoms with Gasteiger partial charge in [-0.05, 0) is 44.2 Å². The third kappa shape index (κ3) is 5.00. The van der Waals surface area contributed by atoms with E-state index in [0.717, 1.165) is 12.1 Å². The number of rotatable bonds is 8. The third-order valence-electron chi connectivity index (χ3n) is 4.61. The van der Waals surface area contributed by atoms with Crippen LogP contribution in [0.3, 0.4) is 0 Å². The molecule has 1 amide bonds. The third-order valence-corrected chi connectivity index (χ3v) is 4.61. The maximum absolute atomic E-state index is 12.6. The van der Waals surface area contributed by atoms with Crippen molar-refractivity contribution in [2.24, 2.45) is 0 Å². The lowest BCUT2D eigenvalue weighted by atomic mass is 10.2. The van der Waals surface area contributed by atoms with Crippen LogP contribution in [0.15, 0.2) is 53.3 Å². The topological polar surface area (TPSA) is 75.9 Å². The number of para-hydroxylation sites is 2. The molecule has 152 valence electrons. The van der Waals surface area contributed by atoms with Gasteiger partial charge in [0.25, 0.3) is 5.56 Å². The molecule has 2 aromatic heterocycles. The summed E-state index contributed by atoms with van der Waals surface area (Å²) in [5, 5.41) is 2.89. The van der Waals surface area contributed by atoms with Crippen LogP contribution in [-0.2, 0) is 11.3 Å². The molecule has 0 radical (unpaired) electrons. The average Bonchev–Trinajstić information content (AvgIpc) is 2.68. The van der Waals surface area contributed by atoms with Crippen molar-refractivity contribution in [3.8, 4) is 5.75 Å². The van der Waals surface area contributed by atoms with E-state index in [-0.39, 0.29) is 18.0 Å². The standard InChI is InChI=1S/C22H26N4O3/c1-4-12-25(15-21(27)24-18-9-5-6-10-19(18)29-3)14-17-13-22(28)26-16(2)8-7-11-20(26)23-17/h5-11,13H,4,12,14-15H2,1-3H3,(H,24,27). The van der Waals surface area contributed by atoms with Crippen molar-refractivity contribution in [2.75, 3.05) is 25.5 Å². The van der Waals surface area contributed by atoms with E-state index >= 15 is 0 Å². The molecule has 7 heteroatoms. The van der Waals surface area contributed by atoms with Gasteiger partial charge in [-0.3, -0.25) is 18.9 Å². The average molecular weight is 394 g/mol. The lowest BCUT2D eigenvalue weighted by Crippen LogP contribution is -2.34. The molecule has 7 nitrogen and oxygen atoms in total. The Labute approximate surface area is 170 Å². The van der Waals surface area contributed by atoms with Gasteiger partial charge in [0.15, 0.2) is 0 Å². The summed E-state index contributed by atoms with van der Waals surface area (Å²) in [4.78, 5) is 31.7. The van der Waals surface area contributed by atoms with E-state index in [1.165, 1.54) is 0 Å². The molecule has 1 N–H and O–H groups in total. The fourth-order valence-corrected chi connectivity index (χ4v) is 3.34. The fraction of sp³-hybridized carbons (Fsp3) is 0.318. The largest absolute Gasteiger partial charge is 0.495 e. The molecule has 0 aliphatic carbocycles. The summed E-state index contributed by atoms with van der Waals surface area (Å²) < 4.78 is 6.87. The molecule has 0 bridgehead atoms. The number of amides is 1. The minimum atomic E-state index is -0.142. The number of nitrogens with one attached hydrogen (secondary N) is 1. The second kappa shape index (κ2) is 9.34. The molecular weight excluding hydrogens is 368 g/mol. The van der Waals surface area contributed by atoms with E-state index in [1.807, 2.05) is 42.2 Å². The van der Waals surface area contributed by atoms with Crippen molar-refractivity contribution in [3.05, 3.63) is 70.3 Å². The van der Waals surface area contributed by atoms with Crippen molar-refractivity contribution < 1.29 is 9.53 Å². The van der Waals surface area contributed by atoms with Crippen LogP contribution in [0.5, 0.6) is 5.75 Å². The van der Waals surface area contributed by atoms with Crippen molar-refractivity contribution >= 4 is 17.2 Å². The SMILES string of the molecule is CCCN(CC(=O)Nc1ccccc1OC)Cc1cc(=O)n2c(C)cccc2n1. The first-order valence-electron chi connectivity index (χ1n) is 9.65. The molecule has 0 saturated carbocycles. The summed E-state index contributed by atoms with van der Waals surface area (Å²) in [6.45, 7) is 5.26. The van der Waals surface area contributed by atoms with Gasteiger partial charge in [0.2, 0.25) is 5.91 Å². The molecule has 0 unspecified atom stereocenters. The Hall–Kier alpha value is -3.19. The van der Waals surface area contributed by atoms with Gasteiger partial charge in [-0.1, -0.05) is 25.1 Å². The molecule has 0 atom stereocenters. The number of hydrogen-bond acceptors (Lipinski definition) is 5. The van der Waals surface area contributed by atoms with Crippen LogP contribution in [0.4, 0.5) is 5.69 Å². The van der Waals surface area contributed by atoms with Crippen LogP contribution in [0.2, 0.25) is 0 Å². The van der Waals surface area contributed by atoms with E-state index in [9.17, 15) is 9.59 Å². The number of carbonyl (C=O) groups is 1. The number of benzene rings is 1. The van der Waals surface area contributed by atoms with Crippen molar-refractivity contribution in [1.82, 2.24) is 14.3 Å². The zero-order chi connectivity index (χ0) is 20.8. The van der Waals surface area contributed by atoms with E-state index in [2.05, 4.69) is 17.2 Å². The normalized spacial score (nSPS) is 11.0. The van der Waals surface area contributed by atoms with Crippen LogP contribution >= 0.6 is 0 Å². The molecule has 2 heterocycles. The highest BCUT2D eigenvalue weighted by Crippen LogP contribution is 2.22. The van der Waals surface area contributed by atoms with Gasteiger partial charge >= 0.3 is 0 Å².